The van der Waals surface area contributed by atoms with E-state index in [2.05, 4.69) is 52.7 Å². The zero-order chi connectivity index (χ0) is 18.5. The minimum Gasteiger partial charge on any atom is -0.439 e. The van der Waals surface area contributed by atoms with Crippen LogP contribution in [-0.4, -0.2) is 21.8 Å². The van der Waals surface area contributed by atoms with Crippen molar-refractivity contribution in [2.75, 3.05) is 0 Å². The topological polar surface area (TPSA) is 96.1 Å². The number of rotatable bonds is 4. The number of carbonyl (C=O) groups is 2. The number of ether oxygens (including phenoxy) is 1. The summed E-state index contributed by atoms with van der Waals surface area (Å²) >= 11 is 6.58. The molecule has 7 nitrogen and oxygen atoms in total. The number of aromatic nitrogens is 2. The number of hydrogen-bond donors (Lipinski definition) is 3. The first-order valence-corrected chi connectivity index (χ1v) is 8.94. The Balaban J connectivity index is 1.56. The van der Waals surface area contributed by atoms with Crippen LogP contribution in [0.1, 0.15) is 20.8 Å². The lowest BCUT2D eigenvalue weighted by atomic mass is 10.3. The lowest BCUT2D eigenvalue weighted by molar-refractivity contribution is 0.0844. The third-order valence-electron chi connectivity index (χ3n) is 3.22. The van der Waals surface area contributed by atoms with Crippen molar-refractivity contribution in [2.24, 2.45) is 0 Å². The molecule has 0 radical (unpaired) electrons. The summed E-state index contributed by atoms with van der Waals surface area (Å²) in [7, 11) is 0. The summed E-state index contributed by atoms with van der Waals surface area (Å²) in [4.78, 5) is 30.8. The van der Waals surface area contributed by atoms with Crippen molar-refractivity contribution >= 4 is 43.7 Å². The van der Waals surface area contributed by atoms with Gasteiger partial charge in [-0.15, -0.1) is 0 Å². The van der Waals surface area contributed by atoms with Crippen LogP contribution in [0.25, 0.3) is 0 Å². The molecule has 0 aliphatic rings. The van der Waals surface area contributed by atoms with Gasteiger partial charge in [-0.1, -0.05) is 15.9 Å². The second-order valence-electron chi connectivity index (χ2n) is 5.08. The maximum Gasteiger partial charge on any atom is 0.286 e. The minimum absolute atomic E-state index is 0.279. The molecule has 3 aromatic rings. The monoisotopic (exact) mass is 478 g/mol. The van der Waals surface area contributed by atoms with Gasteiger partial charge in [0.2, 0.25) is 5.88 Å². The van der Waals surface area contributed by atoms with Gasteiger partial charge in [-0.2, -0.15) is 0 Å². The lowest BCUT2D eigenvalue weighted by Gasteiger charge is -2.07. The Bertz CT molecular complexity index is 924. The number of halogens is 2. The van der Waals surface area contributed by atoms with Gasteiger partial charge in [-0.25, -0.2) is 4.98 Å². The molecule has 2 aromatic heterocycles. The highest BCUT2D eigenvalue weighted by Crippen LogP contribution is 2.21. The van der Waals surface area contributed by atoms with E-state index in [0.29, 0.717) is 17.3 Å². The fraction of sp³-hybridized carbons (Fsp3) is 0. The number of hydrogen-bond acceptors (Lipinski definition) is 4. The molecule has 0 fully saturated rings. The van der Waals surface area contributed by atoms with E-state index in [1.807, 2.05) is 12.1 Å². The third kappa shape index (κ3) is 4.70. The van der Waals surface area contributed by atoms with Crippen molar-refractivity contribution in [1.82, 2.24) is 20.8 Å². The summed E-state index contributed by atoms with van der Waals surface area (Å²) in [6.45, 7) is 0. The highest BCUT2D eigenvalue weighted by Gasteiger charge is 2.11. The quantitative estimate of drug-likeness (QED) is 0.496. The molecule has 2 heterocycles. The average molecular weight is 480 g/mol. The Morgan fingerprint density at radius 1 is 0.962 bits per heavy atom. The van der Waals surface area contributed by atoms with Gasteiger partial charge >= 0.3 is 0 Å². The average Bonchev–Trinajstić information content (AvgIpc) is 3.08. The molecule has 0 aliphatic heterocycles. The Labute approximate surface area is 165 Å². The number of nitrogens with zero attached hydrogens (tertiary/aromatic N) is 1. The molecule has 2 amide bonds. The van der Waals surface area contributed by atoms with Crippen molar-refractivity contribution in [3.63, 3.8) is 0 Å². The summed E-state index contributed by atoms with van der Waals surface area (Å²) in [6.07, 6.45) is 2.98. The van der Waals surface area contributed by atoms with Gasteiger partial charge in [0.1, 0.15) is 11.4 Å². The first-order chi connectivity index (χ1) is 12.5. The fourth-order valence-electron chi connectivity index (χ4n) is 1.95. The molecule has 3 rings (SSSR count). The van der Waals surface area contributed by atoms with Gasteiger partial charge in [0.05, 0.1) is 5.56 Å². The first-order valence-electron chi connectivity index (χ1n) is 7.35. The predicted molar refractivity (Wildman–Crippen MR) is 102 cm³/mol. The summed E-state index contributed by atoms with van der Waals surface area (Å²) in [6, 6.07) is 12.0. The largest absolute Gasteiger partial charge is 0.439 e. The first kappa shape index (κ1) is 18.2. The van der Waals surface area contributed by atoms with Crippen LogP contribution in [0, 0.1) is 0 Å². The van der Waals surface area contributed by atoms with E-state index in [-0.39, 0.29) is 5.56 Å². The standard InChI is InChI=1S/C17H12Br2N4O3/c18-11-2-4-13(5-3-11)26-15-6-1-10(8-21-15)16(24)22-23-17(25)14-7-12(19)9-20-14/h1-9,20H,(H,22,24)(H,23,25). The SMILES string of the molecule is O=C(NNC(=O)c1cc(Br)c[nH]1)c1ccc(Oc2ccc(Br)cc2)nc1. The molecule has 3 N–H and O–H groups in total. The van der Waals surface area contributed by atoms with Crippen molar-refractivity contribution in [1.29, 1.82) is 0 Å². The van der Waals surface area contributed by atoms with E-state index in [1.165, 1.54) is 6.20 Å². The van der Waals surface area contributed by atoms with Gasteiger partial charge < -0.3 is 9.72 Å². The van der Waals surface area contributed by atoms with Gasteiger partial charge in [-0.05, 0) is 52.3 Å². The fourth-order valence-corrected chi connectivity index (χ4v) is 2.56. The van der Waals surface area contributed by atoms with E-state index in [4.69, 9.17) is 4.74 Å². The number of aromatic amines is 1. The van der Waals surface area contributed by atoms with Crippen LogP contribution in [0.3, 0.4) is 0 Å². The Morgan fingerprint density at radius 3 is 2.31 bits per heavy atom. The molecule has 0 bridgehead atoms. The van der Waals surface area contributed by atoms with Crippen LogP contribution in [0.4, 0.5) is 0 Å². The van der Waals surface area contributed by atoms with Crippen LogP contribution in [0.15, 0.2) is 63.8 Å². The predicted octanol–water partition coefficient (Wildman–Crippen LogP) is 3.80. The number of pyridine rings is 1. The molecule has 9 heteroatoms. The zero-order valence-electron chi connectivity index (χ0n) is 13.1. The Hall–Kier alpha value is -2.65. The summed E-state index contributed by atoms with van der Waals surface area (Å²) < 4.78 is 7.26. The van der Waals surface area contributed by atoms with Crippen LogP contribution < -0.4 is 15.6 Å². The summed E-state index contributed by atoms with van der Waals surface area (Å²) in [5, 5.41) is 0. The number of hydrazine groups is 1. The summed E-state index contributed by atoms with van der Waals surface area (Å²) in [5.41, 5.74) is 5.23. The maximum atomic E-state index is 12.1. The molecule has 0 unspecified atom stereocenters. The molecule has 132 valence electrons. The highest BCUT2D eigenvalue weighted by molar-refractivity contribution is 9.10. The molecule has 0 saturated heterocycles. The number of carbonyl (C=O) groups excluding carboxylic acids is 2. The normalized spacial score (nSPS) is 10.2. The Kier molecular flexibility index (Phi) is 5.69. The molecule has 0 spiro atoms. The highest BCUT2D eigenvalue weighted by atomic mass is 79.9. The number of H-pyrrole nitrogens is 1. The van der Waals surface area contributed by atoms with Crippen molar-refractivity contribution < 1.29 is 14.3 Å². The van der Waals surface area contributed by atoms with Crippen molar-refractivity contribution in [2.45, 2.75) is 0 Å². The third-order valence-corrected chi connectivity index (χ3v) is 4.20. The molecule has 0 atom stereocenters. The van der Waals surface area contributed by atoms with E-state index in [9.17, 15) is 9.59 Å². The zero-order valence-corrected chi connectivity index (χ0v) is 16.3. The van der Waals surface area contributed by atoms with Gasteiger partial charge in [-0.3, -0.25) is 20.4 Å². The van der Waals surface area contributed by atoms with Gasteiger partial charge in [0.15, 0.2) is 0 Å². The Morgan fingerprint density at radius 2 is 1.69 bits per heavy atom. The van der Waals surface area contributed by atoms with Crippen molar-refractivity contribution in [3.8, 4) is 11.6 Å². The smallest absolute Gasteiger partial charge is 0.286 e. The van der Waals surface area contributed by atoms with Gasteiger partial charge in [0.25, 0.3) is 11.8 Å². The number of nitrogens with one attached hydrogen (secondary N) is 3. The second-order valence-corrected chi connectivity index (χ2v) is 6.91. The molecule has 26 heavy (non-hydrogen) atoms. The number of amides is 2. The second kappa shape index (κ2) is 8.15. The maximum absolute atomic E-state index is 12.1. The molecule has 0 aliphatic carbocycles. The van der Waals surface area contributed by atoms with Crippen LogP contribution in [0.5, 0.6) is 11.6 Å². The summed E-state index contributed by atoms with van der Waals surface area (Å²) in [5.74, 6) is 0.0188. The molecule has 0 saturated carbocycles. The van der Waals surface area contributed by atoms with E-state index >= 15 is 0 Å². The van der Waals surface area contributed by atoms with Crippen LogP contribution >= 0.6 is 31.9 Å². The molecular formula is C17H12Br2N4O3. The van der Waals surface area contributed by atoms with Crippen molar-refractivity contribution in [3.05, 3.63) is 75.1 Å². The molecular weight excluding hydrogens is 468 g/mol. The number of benzene rings is 1. The van der Waals surface area contributed by atoms with Gasteiger partial charge in [0, 0.05) is 27.4 Å². The van der Waals surface area contributed by atoms with E-state index in [0.717, 1.165) is 8.95 Å². The minimum atomic E-state index is -0.494. The molecule has 1 aromatic carbocycles. The van der Waals surface area contributed by atoms with E-state index in [1.54, 1.807) is 36.5 Å². The van der Waals surface area contributed by atoms with Crippen LogP contribution in [-0.2, 0) is 0 Å². The lowest BCUT2D eigenvalue weighted by Crippen LogP contribution is -2.41. The van der Waals surface area contributed by atoms with E-state index < -0.39 is 11.8 Å². The van der Waals surface area contributed by atoms with Crippen LogP contribution in [0.2, 0.25) is 0 Å².